The predicted molar refractivity (Wildman–Crippen MR) is 110 cm³/mol. The molecule has 0 bridgehead atoms. The smallest absolute Gasteiger partial charge is 0.213 e. The Balaban J connectivity index is 1.61. The first-order valence-corrected chi connectivity index (χ1v) is 10.8. The maximum Gasteiger partial charge on any atom is 0.213 e. The lowest BCUT2D eigenvalue weighted by Crippen LogP contribution is -2.49. The molecule has 0 radical (unpaired) electrons. The van der Waals surface area contributed by atoms with Gasteiger partial charge in [-0.2, -0.15) is 4.31 Å². The van der Waals surface area contributed by atoms with Crippen molar-refractivity contribution in [2.75, 3.05) is 42.6 Å². The van der Waals surface area contributed by atoms with Crippen LogP contribution in [0.15, 0.2) is 24.4 Å². The standard InChI is InChI=1S/C18H23N7O2S/c1-3-28(26,27)25-8-6-24(7-9-25)15-11-20-17(19)16(23-15)18-21-13-5-4-12(2)10-14(13)22-18/h4-5,10-11H,3,6-9H2,1-2H3,(H2,19,20)(H,21,22). The second-order valence-electron chi connectivity index (χ2n) is 6.85. The highest BCUT2D eigenvalue weighted by Crippen LogP contribution is 2.26. The van der Waals surface area contributed by atoms with Gasteiger partial charge in [-0.15, -0.1) is 0 Å². The average Bonchev–Trinajstić information content (AvgIpc) is 3.11. The Hall–Kier alpha value is -2.72. The Kier molecular flexibility index (Phi) is 4.68. The van der Waals surface area contributed by atoms with Crippen molar-refractivity contribution >= 4 is 32.7 Å². The number of fused-ring (bicyclic) bond motifs is 1. The number of aromatic nitrogens is 4. The zero-order valence-corrected chi connectivity index (χ0v) is 16.7. The maximum atomic E-state index is 12.0. The molecule has 1 saturated heterocycles. The number of piperazine rings is 1. The van der Waals surface area contributed by atoms with Gasteiger partial charge in [-0.05, 0) is 31.5 Å². The molecule has 148 valence electrons. The third kappa shape index (κ3) is 3.40. The van der Waals surface area contributed by atoms with Crippen LogP contribution in [0.1, 0.15) is 12.5 Å². The van der Waals surface area contributed by atoms with E-state index in [-0.39, 0.29) is 5.75 Å². The summed E-state index contributed by atoms with van der Waals surface area (Å²) in [4.78, 5) is 18.8. The Labute approximate surface area is 163 Å². The zero-order valence-electron chi connectivity index (χ0n) is 15.9. The molecule has 3 heterocycles. The van der Waals surface area contributed by atoms with Crippen LogP contribution in [0.2, 0.25) is 0 Å². The Morgan fingerprint density at radius 1 is 1.18 bits per heavy atom. The highest BCUT2D eigenvalue weighted by molar-refractivity contribution is 7.89. The molecule has 0 saturated carbocycles. The van der Waals surface area contributed by atoms with Crippen molar-refractivity contribution in [3.05, 3.63) is 30.0 Å². The molecule has 0 atom stereocenters. The number of nitrogens with zero attached hydrogens (tertiary/aromatic N) is 5. The number of imidazole rings is 1. The number of anilines is 2. The highest BCUT2D eigenvalue weighted by Gasteiger charge is 2.26. The second kappa shape index (κ2) is 7.02. The largest absolute Gasteiger partial charge is 0.382 e. The van der Waals surface area contributed by atoms with Crippen LogP contribution >= 0.6 is 0 Å². The Bertz CT molecular complexity index is 1120. The lowest BCUT2D eigenvalue weighted by molar-refractivity contribution is 0.384. The van der Waals surface area contributed by atoms with E-state index in [0.717, 1.165) is 16.6 Å². The fourth-order valence-electron chi connectivity index (χ4n) is 3.33. The minimum Gasteiger partial charge on any atom is -0.382 e. The fraction of sp³-hybridized carbons (Fsp3) is 0.389. The summed E-state index contributed by atoms with van der Waals surface area (Å²) in [5, 5.41) is 0. The average molecular weight is 401 g/mol. The number of rotatable bonds is 4. The van der Waals surface area contributed by atoms with Crippen molar-refractivity contribution in [3.63, 3.8) is 0 Å². The SMILES string of the molecule is CCS(=O)(=O)N1CCN(c2cnc(N)c(-c3nc4ccc(C)cc4[nH]3)n2)CC1. The van der Waals surface area contributed by atoms with Gasteiger partial charge in [0, 0.05) is 26.2 Å². The molecule has 1 aromatic carbocycles. The molecule has 28 heavy (non-hydrogen) atoms. The van der Waals surface area contributed by atoms with Gasteiger partial charge in [-0.3, -0.25) is 0 Å². The molecule has 3 aromatic rings. The summed E-state index contributed by atoms with van der Waals surface area (Å²) in [6.45, 7) is 5.65. The van der Waals surface area contributed by atoms with E-state index in [4.69, 9.17) is 5.73 Å². The number of nitrogens with two attached hydrogens (primary N) is 1. The second-order valence-corrected chi connectivity index (χ2v) is 9.11. The van der Waals surface area contributed by atoms with Crippen LogP contribution in [0, 0.1) is 6.92 Å². The quantitative estimate of drug-likeness (QED) is 0.677. The van der Waals surface area contributed by atoms with E-state index in [1.165, 1.54) is 4.31 Å². The first kappa shape index (κ1) is 18.6. The lowest BCUT2D eigenvalue weighted by Gasteiger charge is -2.34. The number of nitrogens with one attached hydrogen (secondary N) is 1. The van der Waals surface area contributed by atoms with Gasteiger partial charge in [0.1, 0.15) is 5.82 Å². The third-order valence-corrected chi connectivity index (χ3v) is 6.85. The van der Waals surface area contributed by atoms with Crippen molar-refractivity contribution in [1.82, 2.24) is 24.2 Å². The zero-order chi connectivity index (χ0) is 19.9. The summed E-state index contributed by atoms with van der Waals surface area (Å²) in [6.07, 6.45) is 1.62. The van der Waals surface area contributed by atoms with Gasteiger partial charge >= 0.3 is 0 Å². The van der Waals surface area contributed by atoms with Gasteiger partial charge in [-0.1, -0.05) is 6.07 Å². The maximum absolute atomic E-state index is 12.0. The molecule has 0 unspecified atom stereocenters. The van der Waals surface area contributed by atoms with Crippen LogP contribution in [0.5, 0.6) is 0 Å². The van der Waals surface area contributed by atoms with E-state index < -0.39 is 10.0 Å². The molecular formula is C18H23N7O2S. The molecule has 0 spiro atoms. The van der Waals surface area contributed by atoms with Crippen LogP contribution in [0.3, 0.4) is 0 Å². The normalized spacial score (nSPS) is 16.0. The summed E-state index contributed by atoms with van der Waals surface area (Å²) in [5.74, 6) is 1.64. The first-order valence-electron chi connectivity index (χ1n) is 9.19. The van der Waals surface area contributed by atoms with Gasteiger partial charge in [0.05, 0.1) is 23.0 Å². The summed E-state index contributed by atoms with van der Waals surface area (Å²) < 4.78 is 25.6. The van der Waals surface area contributed by atoms with Crippen molar-refractivity contribution in [2.45, 2.75) is 13.8 Å². The fourth-order valence-corrected chi connectivity index (χ4v) is 4.41. The van der Waals surface area contributed by atoms with E-state index in [1.54, 1.807) is 13.1 Å². The summed E-state index contributed by atoms with van der Waals surface area (Å²) in [6, 6.07) is 5.97. The Morgan fingerprint density at radius 3 is 2.64 bits per heavy atom. The van der Waals surface area contributed by atoms with Crippen molar-refractivity contribution in [2.24, 2.45) is 0 Å². The molecule has 0 amide bonds. The number of hydrogen-bond acceptors (Lipinski definition) is 7. The minimum absolute atomic E-state index is 0.115. The number of H-pyrrole nitrogens is 1. The molecule has 0 aliphatic carbocycles. The lowest BCUT2D eigenvalue weighted by atomic mass is 10.2. The van der Waals surface area contributed by atoms with Gasteiger partial charge < -0.3 is 15.6 Å². The third-order valence-electron chi connectivity index (χ3n) is 4.97. The summed E-state index contributed by atoms with van der Waals surface area (Å²) in [5.41, 5.74) is 9.45. The van der Waals surface area contributed by atoms with Crippen LogP contribution in [-0.4, -0.2) is 64.6 Å². The molecule has 1 aliphatic heterocycles. The monoisotopic (exact) mass is 401 g/mol. The van der Waals surface area contributed by atoms with E-state index >= 15 is 0 Å². The van der Waals surface area contributed by atoms with Crippen LogP contribution in [0.25, 0.3) is 22.6 Å². The molecule has 10 heteroatoms. The summed E-state index contributed by atoms with van der Waals surface area (Å²) in [7, 11) is -3.17. The molecule has 1 fully saturated rings. The number of sulfonamides is 1. The van der Waals surface area contributed by atoms with E-state index in [2.05, 4.69) is 19.9 Å². The molecule has 1 aliphatic rings. The highest BCUT2D eigenvalue weighted by atomic mass is 32.2. The van der Waals surface area contributed by atoms with Crippen LogP contribution in [0.4, 0.5) is 11.6 Å². The number of aromatic amines is 1. The van der Waals surface area contributed by atoms with Crippen LogP contribution < -0.4 is 10.6 Å². The molecular weight excluding hydrogens is 378 g/mol. The van der Waals surface area contributed by atoms with Crippen molar-refractivity contribution in [1.29, 1.82) is 0 Å². The number of benzene rings is 1. The molecule has 3 N–H and O–H groups in total. The number of aryl methyl sites for hydroxylation is 1. The summed E-state index contributed by atoms with van der Waals surface area (Å²) >= 11 is 0. The van der Waals surface area contributed by atoms with E-state index in [9.17, 15) is 8.42 Å². The first-order chi connectivity index (χ1) is 13.4. The van der Waals surface area contributed by atoms with Crippen molar-refractivity contribution < 1.29 is 8.42 Å². The molecule has 9 nitrogen and oxygen atoms in total. The van der Waals surface area contributed by atoms with Gasteiger partial charge in [0.2, 0.25) is 10.0 Å². The molecule has 4 rings (SSSR count). The predicted octanol–water partition coefficient (Wildman–Crippen LogP) is 1.38. The minimum atomic E-state index is -3.17. The van der Waals surface area contributed by atoms with Crippen molar-refractivity contribution in [3.8, 4) is 11.5 Å². The van der Waals surface area contributed by atoms with Crippen LogP contribution in [-0.2, 0) is 10.0 Å². The Morgan fingerprint density at radius 2 is 1.93 bits per heavy atom. The van der Waals surface area contributed by atoms with Gasteiger partial charge in [0.15, 0.2) is 17.3 Å². The van der Waals surface area contributed by atoms with Gasteiger partial charge in [-0.25, -0.2) is 23.4 Å². The number of hydrogen-bond donors (Lipinski definition) is 2. The number of nitrogen functional groups attached to an aromatic ring is 1. The van der Waals surface area contributed by atoms with Gasteiger partial charge in [0.25, 0.3) is 0 Å². The van der Waals surface area contributed by atoms with E-state index in [1.807, 2.05) is 30.0 Å². The van der Waals surface area contributed by atoms with E-state index in [0.29, 0.717) is 49.3 Å². The topological polar surface area (TPSA) is 121 Å². The molecule has 2 aromatic heterocycles.